The van der Waals surface area contributed by atoms with Gasteiger partial charge in [-0.3, -0.25) is 13.8 Å². The Morgan fingerprint density at radius 1 is 0.493 bits per heavy atom. The number of hydrogen-bond donors (Lipinski definition) is 3. The molecule has 0 aromatic carbocycles. The second-order valence-corrected chi connectivity index (χ2v) is 22.1. The van der Waals surface area contributed by atoms with Gasteiger partial charge in [0.2, 0.25) is 5.91 Å². The van der Waals surface area contributed by atoms with E-state index >= 15 is 0 Å². The summed E-state index contributed by atoms with van der Waals surface area (Å²) in [7, 11) is 1.55. The van der Waals surface area contributed by atoms with Crippen molar-refractivity contribution >= 4 is 13.7 Å². The van der Waals surface area contributed by atoms with Crippen LogP contribution < -0.4 is 5.32 Å². The largest absolute Gasteiger partial charge is 0.472 e. The number of hydrogen-bond acceptors (Lipinski definition) is 5. The number of rotatable bonds is 52. The lowest BCUT2D eigenvalue weighted by molar-refractivity contribution is -0.870. The first-order valence-corrected chi connectivity index (χ1v) is 30.0. The van der Waals surface area contributed by atoms with E-state index in [1.165, 1.54) is 199 Å². The van der Waals surface area contributed by atoms with Gasteiger partial charge in [0.1, 0.15) is 13.2 Å². The molecule has 3 atom stereocenters. The van der Waals surface area contributed by atoms with Gasteiger partial charge in [-0.1, -0.05) is 236 Å². The second kappa shape index (κ2) is 49.4. The molecule has 0 bridgehead atoms. The second-order valence-electron chi connectivity index (χ2n) is 20.6. The molecule has 8 nitrogen and oxygen atoms in total. The molecule has 67 heavy (non-hydrogen) atoms. The van der Waals surface area contributed by atoms with Crippen LogP contribution in [0.5, 0.6) is 0 Å². The Kier molecular flexibility index (Phi) is 48.3. The quantitative estimate of drug-likeness (QED) is 0.0243. The van der Waals surface area contributed by atoms with Crippen LogP contribution in [0.25, 0.3) is 0 Å². The normalized spacial score (nSPS) is 14.3. The van der Waals surface area contributed by atoms with Crippen LogP contribution in [0.2, 0.25) is 0 Å². The zero-order valence-corrected chi connectivity index (χ0v) is 45.8. The number of aliphatic hydroxyl groups is 1. The maximum Gasteiger partial charge on any atom is 0.472 e. The maximum absolute atomic E-state index is 13.0. The highest BCUT2D eigenvalue weighted by molar-refractivity contribution is 7.47. The van der Waals surface area contributed by atoms with Gasteiger partial charge in [0.15, 0.2) is 0 Å². The molecule has 0 aromatic rings. The number of nitrogens with one attached hydrogen (secondary N) is 1. The molecule has 9 heteroatoms. The smallest absolute Gasteiger partial charge is 0.387 e. The fourth-order valence-corrected chi connectivity index (χ4v) is 8.98. The zero-order valence-electron chi connectivity index (χ0n) is 44.9. The van der Waals surface area contributed by atoms with Gasteiger partial charge in [-0.05, 0) is 70.6 Å². The lowest BCUT2D eigenvalue weighted by Gasteiger charge is -2.25. The van der Waals surface area contributed by atoms with Gasteiger partial charge >= 0.3 is 7.82 Å². The van der Waals surface area contributed by atoms with Crippen molar-refractivity contribution < 1.29 is 32.9 Å². The van der Waals surface area contributed by atoms with Gasteiger partial charge in [-0.2, -0.15) is 0 Å². The van der Waals surface area contributed by atoms with Crippen molar-refractivity contribution in [1.82, 2.24) is 5.32 Å². The fraction of sp³-hybridized carbons (Fsp3) is 0.845. The highest BCUT2D eigenvalue weighted by Crippen LogP contribution is 2.43. The first-order valence-electron chi connectivity index (χ1n) is 28.5. The minimum absolute atomic E-state index is 0.0522. The van der Waals surface area contributed by atoms with Gasteiger partial charge in [0.05, 0.1) is 39.9 Å². The van der Waals surface area contributed by atoms with Crippen LogP contribution in [-0.2, 0) is 18.4 Å². The fourth-order valence-electron chi connectivity index (χ4n) is 8.25. The third-order valence-electron chi connectivity index (χ3n) is 12.7. The number of unbranched alkanes of at least 4 members (excludes halogenated alkanes) is 33. The predicted octanol–water partition coefficient (Wildman–Crippen LogP) is 17.2. The van der Waals surface area contributed by atoms with Crippen LogP contribution in [0.15, 0.2) is 48.6 Å². The molecular weight excluding hydrogens is 852 g/mol. The lowest BCUT2D eigenvalue weighted by Crippen LogP contribution is -2.45. The van der Waals surface area contributed by atoms with Crippen molar-refractivity contribution in [1.29, 1.82) is 0 Å². The molecule has 0 fully saturated rings. The first kappa shape index (κ1) is 65.5. The van der Waals surface area contributed by atoms with E-state index in [0.717, 1.165) is 44.9 Å². The van der Waals surface area contributed by atoms with Gasteiger partial charge in [-0.15, -0.1) is 0 Å². The van der Waals surface area contributed by atoms with Crippen molar-refractivity contribution in [3.63, 3.8) is 0 Å². The van der Waals surface area contributed by atoms with Crippen LogP contribution in [0.1, 0.15) is 264 Å². The molecule has 0 rings (SSSR count). The lowest BCUT2D eigenvalue weighted by atomic mass is 10.0. The van der Waals surface area contributed by atoms with Crippen molar-refractivity contribution in [3.8, 4) is 0 Å². The molecule has 3 N–H and O–H groups in total. The first-order chi connectivity index (χ1) is 32.5. The Labute approximate surface area is 416 Å². The molecular formula is C58H112N2O6P+. The summed E-state index contributed by atoms with van der Waals surface area (Å²) in [4.78, 5) is 23.3. The van der Waals surface area contributed by atoms with Crippen molar-refractivity contribution in [2.75, 3.05) is 40.9 Å². The van der Waals surface area contributed by atoms with E-state index in [2.05, 4.69) is 55.6 Å². The third-order valence-corrected chi connectivity index (χ3v) is 13.7. The Morgan fingerprint density at radius 3 is 1.19 bits per heavy atom. The van der Waals surface area contributed by atoms with Gasteiger partial charge in [-0.25, -0.2) is 4.57 Å². The van der Waals surface area contributed by atoms with Gasteiger partial charge < -0.3 is 19.8 Å². The number of quaternary nitrogens is 1. The molecule has 3 unspecified atom stereocenters. The number of phosphoric acid groups is 1. The van der Waals surface area contributed by atoms with Crippen LogP contribution in [-0.4, -0.2) is 73.4 Å². The topological polar surface area (TPSA) is 105 Å². The predicted molar refractivity (Wildman–Crippen MR) is 291 cm³/mol. The number of phosphoric ester groups is 1. The summed E-state index contributed by atoms with van der Waals surface area (Å²) in [6, 6.07) is -0.873. The van der Waals surface area contributed by atoms with E-state index in [4.69, 9.17) is 9.05 Å². The van der Waals surface area contributed by atoms with Gasteiger partial charge in [0.25, 0.3) is 0 Å². The summed E-state index contributed by atoms with van der Waals surface area (Å²) >= 11 is 0. The molecule has 0 saturated heterocycles. The van der Waals surface area contributed by atoms with E-state index in [-0.39, 0.29) is 19.1 Å². The van der Waals surface area contributed by atoms with Crippen LogP contribution in [0, 0.1) is 0 Å². The minimum atomic E-state index is -4.36. The Balaban J connectivity index is 4.31. The molecule has 0 spiro atoms. The molecule has 0 aliphatic rings. The Hall–Kier alpha value is -1.54. The van der Waals surface area contributed by atoms with E-state index < -0.39 is 20.0 Å². The van der Waals surface area contributed by atoms with Gasteiger partial charge in [0, 0.05) is 6.42 Å². The number of allylic oxidation sites excluding steroid dienone is 7. The Morgan fingerprint density at radius 2 is 0.821 bits per heavy atom. The number of nitrogens with zero attached hydrogens (tertiary/aromatic N) is 1. The molecule has 394 valence electrons. The highest BCUT2D eigenvalue weighted by atomic mass is 31.2. The Bertz CT molecular complexity index is 1230. The van der Waals surface area contributed by atoms with E-state index in [1.54, 1.807) is 6.08 Å². The molecule has 1 amide bonds. The molecule has 0 aliphatic heterocycles. The van der Waals surface area contributed by atoms with Crippen LogP contribution in [0.3, 0.4) is 0 Å². The summed E-state index contributed by atoms with van der Waals surface area (Å²) in [6.45, 7) is 4.81. The van der Waals surface area contributed by atoms with Crippen LogP contribution in [0.4, 0.5) is 0 Å². The zero-order chi connectivity index (χ0) is 49.2. The monoisotopic (exact) mass is 964 g/mol. The average Bonchev–Trinajstić information content (AvgIpc) is 3.29. The molecule has 0 aromatic heterocycles. The number of amides is 1. The van der Waals surface area contributed by atoms with E-state index in [9.17, 15) is 19.4 Å². The molecule has 0 radical (unpaired) electrons. The average molecular weight is 965 g/mol. The van der Waals surface area contributed by atoms with Crippen molar-refractivity contribution in [2.24, 2.45) is 0 Å². The van der Waals surface area contributed by atoms with Crippen molar-refractivity contribution in [3.05, 3.63) is 48.6 Å². The maximum atomic E-state index is 13.0. The number of carbonyl (C=O) groups excluding carboxylic acids is 1. The molecule has 0 saturated carbocycles. The summed E-state index contributed by atoms with van der Waals surface area (Å²) in [5.41, 5.74) is 0. The highest BCUT2D eigenvalue weighted by Gasteiger charge is 2.27. The summed E-state index contributed by atoms with van der Waals surface area (Å²) in [6.07, 6.45) is 65.0. The third kappa shape index (κ3) is 52.1. The number of aliphatic hydroxyl groups excluding tert-OH is 1. The summed E-state index contributed by atoms with van der Waals surface area (Å²) in [5.74, 6) is -0.194. The SMILES string of the molecule is CCCCCCCCCCC/C=C\CCCCCCCCCC(=O)NC(COP(=O)(O)OCC[N+](C)(C)C)C(O)/C=C/CC/C=C/CC/C=C/CCCCCCCCCCCCCCCCC. The standard InChI is InChI=1S/C58H111N2O6P/c1-6-8-10-12-14-16-18-20-22-24-26-28-29-30-31-32-33-35-37-39-41-43-45-47-49-51-57(61)56(55-66-67(63,64)65-54-53-60(3,4)5)59-58(62)52-50-48-46-44-42-40-38-36-34-27-25-23-21-19-17-15-13-11-9-7-2/h27,33-35,41,43,49,51,56-57,61H,6-26,28-32,36-40,42,44-48,50,52-55H2,1-5H3,(H-,59,62,63,64)/p+1/b34-27-,35-33+,43-41+,51-49+. The molecule has 0 heterocycles. The van der Waals surface area contributed by atoms with E-state index in [0.29, 0.717) is 17.4 Å². The summed E-state index contributed by atoms with van der Waals surface area (Å²) < 4.78 is 23.7. The minimum Gasteiger partial charge on any atom is -0.387 e. The molecule has 0 aliphatic carbocycles. The number of carbonyl (C=O) groups is 1. The van der Waals surface area contributed by atoms with E-state index in [1.807, 2.05) is 27.2 Å². The van der Waals surface area contributed by atoms with Crippen LogP contribution >= 0.6 is 7.82 Å². The number of likely N-dealkylation sites (N-methyl/N-ethyl adjacent to an activating group) is 1. The summed E-state index contributed by atoms with van der Waals surface area (Å²) in [5, 5.41) is 13.9. The van der Waals surface area contributed by atoms with Crippen molar-refractivity contribution in [2.45, 2.75) is 276 Å².